The van der Waals surface area contributed by atoms with Gasteiger partial charge in [0.15, 0.2) is 0 Å². The lowest BCUT2D eigenvalue weighted by Gasteiger charge is -2.29. The normalized spacial score (nSPS) is 26.5. The first kappa shape index (κ1) is 17.7. The van der Waals surface area contributed by atoms with Crippen LogP contribution in [0.2, 0.25) is 0 Å². The first-order valence-corrected chi connectivity index (χ1v) is 7.95. The van der Waals surface area contributed by atoms with Crippen LogP contribution in [0.1, 0.15) is 47.5 Å². The van der Waals surface area contributed by atoms with Gasteiger partial charge in [-0.1, -0.05) is 39.8 Å². The number of hydrogen-bond donors (Lipinski definition) is 2. The highest BCUT2D eigenvalue weighted by Crippen LogP contribution is 2.25. The SMILES string of the molecule is CC1CC=CCC1COCC(O)CNC(C)C(C)(C)C. The average Bonchev–Trinajstić information content (AvgIpc) is 2.37. The standard InChI is InChI=1S/C17H33NO2/c1-13-8-6-7-9-15(13)11-20-12-16(19)10-18-14(2)17(3,4)5/h6-7,13-16,18-19H,8-12H2,1-5H3. The second kappa shape index (κ2) is 8.16. The van der Waals surface area contributed by atoms with Crippen LogP contribution in [0.3, 0.4) is 0 Å². The predicted molar refractivity (Wildman–Crippen MR) is 84.8 cm³/mol. The van der Waals surface area contributed by atoms with Crippen molar-refractivity contribution >= 4 is 0 Å². The Kier molecular flexibility index (Phi) is 7.21. The monoisotopic (exact) mass is 283 g/mol. The summed E-state index contributed by atoms with van der Waals surface area (Å²) in [6.07, 6.45) is 6.34. The van der Waals surface area contributed by atoms with Gasteiger partial charge in [-0.3, -0.25) is 0 Å². The molecule has 4 atom stereocenters. The van der Waals surface area contributed by atoms with Gasteiger partial charge in [-0.05, 0) is 37.0 Å². The van der Waals surface area contributed by atoms with Gasteiger partial charge in [0.25, 0.3) is 0 Å². The Morgan fingerprint density at radius 3 is 2.55 bits per heavy atom. The van der Waals surface area contributed by atoms with E-state index in [1.165, 1.54) is 0 Å². The zero-order valence-corrected chi connectivity index (χ0v) is 13.9. The molecule has 0 aromatic heterocycles. The topological polar surface area (TPSA) is 41.5 Å². The fourth-order valence-corrected chi connectivity index (χ4v) is 2.27. The molecule has 118 valence electrons. The maximum Gasteiger partial charge on any atom is 0.0897 e. The van der Waals surface area contributed by atoms with E-state index in [-0.39, 0.29) is 5.41 Å². The molecule has 4 unspecified atom stereocenters. The van der Waals surface area contributed by atoms with Crippen molar-refractivity contribution in [2.24, 2.45) is 17.3 Å². The fourth-order valence-electron chi connectivity index (χ4n) is 2.27. The van der Waals surface area contributed by atoms with Crippen LogP contribution in [0.5, 0.6) is 0 Å². The number of allylic oxidation sites excluding steroid dienone is 2. The first-order chi connectivity index (χ1) is 9.30. The number of hydrogen-bond acceptors (Lipinski definition) is 3. The Bertz CT molecular complexity index is 296. The van der Waals surface area contributed by atoms with Crippen molar-refractivity contribution in [3.8, 4) is 0 Å². The third kappa shape index (κ3) is 6.38. The molecule has 1 rings (SSSR count). The summed E-state index contributed by atoms with van der Waals surface area (Å²) < 4.78 is 5.70. The first-order valence-electron chi connectivity index (χ1n) is 7.95. The summed E-state index contributed by atoms with van der Waals surface area (Å²) >= 11 is 0. The summed E-state index contributed by atoms with van der Waals surface area (Å²) in [6, 6.07) is 0.376. The van der Waals surface area contributed by atoms with Gasteiger partial charge in [-0.2, -0.15) is 0 Å². The molecule has 0 aromatic rings. The molecule has 0 radical (unpaired) electrons. The second-order valence-corrected chi connectivity index (χ2v) is 7.37. The Balaban J connectivity index is 2.14. The Morgan fingerprint density at radius 1 is 1.30 bits per heavy atom. The lowest BCUT2D eigenvalue weighted by atomic mass is 9.85. The minimum Gasteiger partial charge on any atom is -0.389 e. The zero-order chi connectivity index (χ0) is 15.2. The zero-order valence-electron chi connectivity index (χ0n) is 13.9. The molecule has 0 saturated carbocycles. The van der Waals surface area contributed by atoms with E-state index in [4.69, 9.17) is 4.74 Å². The molecule has 0 amide bonds. The van der Waals surface area contributed by atoms with Crippen molar-refractivity contribution in [3.63, 3.8) is 0 Å². The van der Waals surface area contributed by atoms with Gasteiger partial charge < -0.3 is 15.2 Å². The van der Waals surface area contributed by atoms with E-state index in [1.807, 2.05) is 0 Å². The molecule has 1 aliphatic carbocycles. The van der Waals surface area contributed by atoms with Crippen LogP contribution < -0.4 is 5.32 Å². The molecule has 0 saturated heterocycles. The Hall–Kier alpha value is -0.380. The lowest BCUT2D eigenvalue weighted by molar-refractivity contribution is 0.0107. The lowest BCUT2D eigenvalue weighted by Crippen LogP contribution is -2.42. The van der Waals surface area contributed by atoms with E-state index in [2.05, 4.69) is 52.1 Å². The molecule has 0 bridgehead atoms. The maximum absolute atomic E-state index is 9.96. The van der Waals surface area contributed by atoms with Gasteiger partial charge in [-0.15, -0.1) is 0 Å². The molecule has 0 fully saturated rings. The number of nitrogens with one attached hydrogen (secondary N) is 1. The molecule has 1 aliphatic rings. The second-order valence-electron chi connectivity index (χ2n) is 7.37. The van der Waals surface area contributed by atoms with Crippen LogP contribution in [-0.2, 0) is 4.74 Å². The fraction of sp³-hybridized carbons (Fsp3) is 0.882. The Morgan fingerprint density at radius 2 is 1.95 bits per heavy atom. The van der Waals surface area contributed by atoms with E-state index in [0.29, 0.717) is 31.0 Å². The molecule has 0 aliphatic heterocycles. The molecular formula is C17H33NO2. The molecular weight excluding hydrogens is 250 g/mol. The third-order valence-corrected chi connectivity index (χ3v) is 4.52. The third-order valence-electron chi connectivity index (χ3n) is 4.52. The number of aliphatic hydroxyl groups excluding tert-OH is 1. The van der Waals surface area contributed by atoms with Crippen LogP contribution in [0, 0.1) is 17.3 Å². The summed E-state index contributed by atoms with van der Waals surface area (Å²) in [5, 5.41) is 13.3. The van der Waals surface area contributed by atoms with Gasteiger partial charge >= 0.3 is 0 Å². The highest BCUT2D eigenvalue weighted by Gasteiger charge is 2.21. The van der Waals surface area contributed by atoms with Gasteiger partial charge in [0, 0.05) is 12.6 Å². The predicted octanol–water partition coefficient (Wildman–Crippen LogP) is 2.99. The Labute approximate surface area is 124 Å². The highest BCUT2D eigenvalue weighted by molar-refractivity contribution is 4.93. The molecule has 3 nitrogen and oxygen atoms in total. The molecule has 20 heavy (non-hydrogen) atoms. The summed E-state index contributed by atoms with van der Waals surface area (Å²) in [7, 11) is 0. The van der Waals surface area contributed by atoms with Crippen LogP contribution >= 0.6 is 0 Å². The number of ether oxygens (including phenoxy) is 1. The molecule has 0 heterocycles. The quantitative estimate of drug-likeness (QED) is 0.706. The molecule has 0 spiro atoms. The van der Waals surface area contributed by atoms with Crippen molar-refractivity contribution in [1.82, 2.24) is 5.32 Å². The van der Waals surface area contributed by atoms with E-state index in [0.717, 1.165) is 19.4 Å². The van der Waals surface area contributed by atoms with E-state index >= 15 is 0 Å². The van der Waals surface area contributed by atoms with Gasteiger partial charge in [0.1, 0.15) is 0 Å². The van der Waals surface area contributed by atoms with Crippen molar-refractivity contribution in [2.45, 2.75) is 59.6 Å². The smallest absolute Gasteiger partial charge is 0.0897 e. The van der Waals surface area contributed by atoms with E-state index < -0.39 is 6.10 Å². The van der Waals surface area contributed by atoms with Crippen LogP contribution in [0.25, 0.3) is 0 Å². The molecule has 0 aromatic carbocycles. The van der Waals surface area contributed by atoms with Crippen LogP contribution in [0.4, 0.5) is 0 Å². The number of rotatable bonds is 7. The minimum atomic E-state index is -0.422. The van der Waals surface area contributed by atoms with Crippen molar-refractivity contribution in [2.75, 3.05) is 19.8 Å². The molecule has 2 N–H and O–H groups in total. The largest absolute Gasteiger partial charge is 0.389 e. The van der Waals surface area contributed by atoms with Crippen molar-refractivity contribution in [3.05, 3.63) is 12.2 Å². The maximum atomic E-state index is 9.96. The van der Waals surface area contributed by atoms with Gasteiger partial charge in [0.2, 0.25) is 0 Å². The van der Waals surface area contributed by atoms with Crippen molar-refractivity contribution in [1.29, 1.82) is 0 Å². The summed E-state index contributed by atoms with van der Waals surface area (Å²) in [5.41, 5.74) is 0.213. The highest BCUT2D eigenvalue weighted by atomic mass is 16.5. The van der Waals surface area contributed by atoms with E-state index in [1.54, 1.807) is 0 Å². The van der Waals surface area contributed by atoms with E-state index in [9.17, 15) is 5.11 Å². The summed E-state index contributed by atoms with van der Waals surface area (Å²) in [6.45, 7) is 12.8. The minimum absolute atomic E-state index is 0.213. The summed E-state index contributed by atoms with van der Waals surface area (Å²) in [5.74, 6) is 1.30. The van der Waals surface area contributed by atoms with Gasteiger partial charge in [0.05, 0.1) is 19.3 Å². The average molecular weight is 283 g/mol. The van der Waals surface area contributed by atoms with Crippen LogP contribution in [-0.4, -0.2) is 37.0 Å². The number of aliphatic hydroxyl groups is 1. The van der Waals surface area contributed by atoms with Gasteiger partial charge in [-0.25, -0.2) is 0 Å². The van der Waals surface area contributed by atoms with Crippen molar-refractivity contribution < 1.29 is 9.84 Å². The summed E-state index contributed by atoms with van der Waals surface area (Å²) in [4.78, 5) is 0. The molecule has 3 heteroatoms. The van der Waals surface area contributed by atoms with Crippen LogP contribution in [0.15, 0.2) is 12.2 Å².